The van der Waals surface area contributed by atoms with Gasteiger partial charge in [-0.15, -0.1) is 0 Å². The zero-order chi connectivity index (χ0) is 13.8. The number of hydrogen-bond donors (Lipinski definition) is 1. The molecule has 0 bridgehead atoms. The minimum Gasteiger partial charge on any atom is -0.399 e. The van der Waals surface area contributed by atoms with Gasteiger partial charge in [0, 0.05) is 12.2 Å². The first-order chi connectivity index (χ1) is 9.81. The third-order valence-electron chi connectivity index (χ3n) is 5.27. The van der Waals surface area contributed by atoms with Gasteiger partial charge in [-0.1, -0.05) is 31.4 Å². The maximum absolute atomic E-state index is 5.84. The fraction of sp³-hybridized carbons (Fsp3) is 0.667. The molecule has 20 heavy (non-hydrogen) atoms. The second-order valence-electron chi connectivity index (χ2n) is 6.74. The first-order valence-corrected chi connectivity index (χ1v) is 8.38. The molecule has 2 atom stereocenters. The Morgan fingerprint density at radius 2 is 1.95 bits per heavy atom. The Morgan fingerprint density at radius 3 is 2.80 bits per heavy atom. The second-order valence-corrected chi connectivity index (χ2v) is 6.74. The molecule has 1 saturated heterocycles. The van der Waals surface area contributed by atoms with Crippen LogP contribution in [0.3, 0.4) is 0 Å². The number of nitrogens with zero attached hydrogens (tertiary/aromatic N) is 1. The van der Waals surface area contributed by atoms with Crippen LogP contribution in [0, 0.1) is 11.8 Å². The molecule has 1 aromatic carbocycles. The van der Waals surface area contributed by atoms with Gasteiger partial charge in [0.1, 0.15) is 0 Å². The third-order valence-corrected chi connectivity index (χ3v) is 5.27. The van der Waals surface area contributed by atoms with Crippen molar-refractivity contribution in [2.24, 2.45) is 11.8 Å². The smallest absolute Gasteiger partial charge is 0.0316 e. The van der Waals surface area contributed by atoms with Crippen LogP contribution in [0.5, 0.6) is 0 Å². The number of aryl methyl sites for hydroxylation is 1. The lowest BCUT2D eigenvalue weighted by Crippen LogP contribution is -2.42. The third kappa shape index (κ3) is 3.54. The summed E-state index contributed by atoms with van der Waals surface area (Å²) < 4.78 is 0. The maximum Gasteiger partial charge on any atom is 0.0316 e. The van der Waals surface area contributed by atoms with Gasteiger partial charge < -0.3 is 10.6 Å². The standard InChI is InChI=1S/C18H28N2/c19-18-9-3-5-15(13-18)6-4-11-20-12-10-16-7-1-2-8-17(16)14-20/h3,5,9,13,16-17H,1-2,4,6-8,10-12,14,19H2. The van der Waals surface area contributed by atoms with Crippen LogP contribution in [0.2, 0.25) is 0 Å². The number of anilines is 1. The maximum atomic E-state index is 5.84. The lowest BCUT2D eigenvalue weighted by Gasteiger charge is -2.41. The van der Waals surface area contributed by atoms with Crippen LogP contribution in [0.25, 0.3) is 0 Å². The van der Waals surface area contributed by atoms with Crippen LogP contribution in [0.15, 0.2) is 24.3 Å². The SMILES string of the molecule is Nc1cccc(CCCN2CCC3CCCCC3C2)c1. The van der Waals surface area contributed by atoms with Crippen molar-refractivity contribution in [2.75, 3.05) is 25.4 Å². The Bertz CT molecular complexity index is 429. The van der Waals surface area contributed by atoms with Gasteiger partial charge >= 0.3 is 0 Å². The van der Waals surface area contributed by atoms with Crippen LogP contribution in [0.4, 0.5) is 5.69 Å². The molecule has 0 spiro atoms. The van der Waals surface area contributed by atoms with Gasteiger partial charge in [-0.05, 0) is 68.3 Å². The van der Waals surface area contributed by atoms with E-state index in [1.165, 1.54) is 63.7 Å². The monoisotopic (exact) mass is 272 g/mol. The van der Waals surface area contributed by atoms with E-state index < -0.39 is 0 Å². The number of nitrogen functional groups attached to an aromatic ring is 1. The highest BCUT2D eigenvalue weighted by atomic mass is 15.1. The minimum absolute atomic E-state index is 0.894. The van der Waals surface area contributed by atoms with Crippen molar-refractivity contribution in [3.8, 4) is 0 Å². The van der Waals surface area contributed by atoms with Crippen molar-refractivity contribution in [3.05, 3.63) is 29.8 Å². The predicted molar refractivity (Wildman–Crippen MR) is 85.7 cm³/mol. The molecule has 2 aliphatic rings. The molecule has 2 heteroatoms. The van der Waals surface area contributed by atoms with Gasteiger partial charge in [-0.3, -0.25) is 0 Å². The first kappa shape index (κ1) is 13.9. The molecule has 2 unspecified atom stereocenters. The summed E-state index contributed by atoms with van der Waals surface area (Å²) in [4.78, 5) is 2.71. The Kier molecular flexibility index (Phi) is 4.62. The zero-order valence-corrected chi connectivity index (χ0v) is 12.6. The van der Waals surface area contributed by atoms with Gasteiger partial charge in [0.2, 0.25) is 0 Å². The Labute approximate surface area is 123 Å². The summed E-state index contributed by atoms with van der Waals surface area (Å²) >= 11 is 0. The van der Waals surface area contributed by atoms with E-state index in [4.69, 9.17) is 5.73 Å². The summed E-state index contributed by atoms with van der Waals surface area (Å²) in [6.07, 6.45) is 9.81. The summed E-state index contributed by atoms with van der Waals surface area (Å²) in [5.41, 5.74) is 8.12. The van der Waals surface area contributed by atoms with Gasteiger partial charge in [-0.2, -0.15) is 0 Å². The lowest BCUT2D eigenvalue weighted by molar-refractivity contribution is 0.0862. The molecule has 1 aliphatic heterocycles. The first-order valence-electron chi connectivity index (χ1n) is 8.38. The number of likely N-dealkylation sites (tertiary alicyclic amines) is 1. The summed E-state index contributed by atoms with van der Waals surface area (Å²) in [6.45, 7) is 3.96. The molecule has 1 aromatic rings. The Hall–Kier alpha value is -1.02. The van der Waals surface area contributed by atoms with E-state index in [2.05, 4.69) is 23.1 Å². The summed E-state index contributed by atoms with van der Waals surface area (Å²) in [5.74, 6) is 2.05. The lowest BCUT2D eigenvalue weighted by atomic mass is 9.75. The normalized spacial score (nSPS) is 27.2. The van der Waals surface area contributed by atoms with E-state index in [0.717, 1.165) is 23.9 Å². The van der Waals surface area contributed by atoms with E-state index in [-0.39, 0.29) is 0 Å². The summed E-state index contributed by atoms with van der Waals surface area (Å²) in [5, 5.41) is 0. The molecule has 0 radical (unpaired) electrons. The van der Waals surface area contributed by atoms with Crippen molar-refractivity contribution in [1.82, 2.24) is 4.90 Å². The molecule has 110 valence electrons. The van der Waals surface area contributed by atoms with Crippen LogP contribution in [-0.2, 0) is 6.42 Å². The highest BCUT2D eigenvalue weighted by Crippen LogP contribution is 2.35. The molecule has 0 aromatic heterocycles. The van der Waals surface area contributed by atoms with E-state index in [0.29, 0.717) is 0 Å². The van der Waals surface area contributed by atoms with Crippen molar-refractivity contribution in [1.29, 1.82) is 0 Å². The van der Waals surface area contributed by atoms with Gasteiger partial charge in [0.25, 0.3) is 0 Å². The van der Waals surface area contributed by atoms with E-state index in [1.807, 2.05) is 6.07 Å². The number of benzene rings is 1. The van der Waals surface area contributed by atoms with Crippen LogP contribution in [0.1, 0.15) is 44.1 Å². The zero-order valence-electron chi connectivity index (χ0n) is 12.6. The molecule has 1 saturated carbocycles. The number of fused-ring (bicyclic) bond motifs is 1. The molecular weight excluding hydrogens is 244 g/mol. The molecule has 3 rings (SSSR count). The molecule has 2 nitrogen and oxygen atoms in total. The Morgan fingerprint density at radius 1 is 1.10 bits per heavy atom. The fourth-order valence-corrected chi connectivity index (χ4v) is 4.13. The molecule has 1 aliphatic carbocycles. The van der Waals surface area contributed by atoms with Crippen molar-refractivity contribution in [3.63, 3.8) is 0 Å². The van der Waals surface area contributed by atoms with E-state index in [9.17, 15) is 0 Å². The number of nitrogens with two attached hydrogens (primary N) is 1. The van der Waals surface area contributed by atoms with Crippen molar-refractivity contribution < 1.29 is 0 Å². The molecule has 2 N–H and O–H groups in total. The fourth-order valence-electron chi connectivity index (χ4n) is 4.13. The highest BCUT2D eigenvalue weighted by molar-refractivity contribution is 5.40. The largest absolute Gasteiger partial charge is 0.399 e. The van der Waals surface area contributed by atoms with Crippen LogP contribution in [-0.4, -0.2) is 24.5 Å². The summed E-state index contributed by atoms with van der Waals surface area (Å²) in [6, 6.07) is 8.35. The quantitative estimate of drug-likeness (QED) is 0.847. The number of piperidine rings is 1. The highest BCUT2D eigenvalue weighted by Gasteiger charge is 2.30. The van der Waals surface area contributed by atoms with Crippen molar-refractivity contribution >= 4 is 5.69 Å². The molecule has 1 heterocycles. The molecular formula is C18H28N2. The van der Waals surface area contributed by atoms with E-state index >= 15 is 0 Å². The predicted octanol–water partition coefficient (Wildman–Crippen LogP) is 3.71. The molecule has 2 fully saturated rings. The number of hydrogen-bond acceptors (Lipinski definition) is 2. The topological polar surface area (TPSA) is 29.3 Å². The molecule has 0 amide bonds. The van der Waals surface area contributed by atoms with Crippen LogP contribution >= 0.6 is 0 Å². The van der Waals surface area contributed by atoms with Gasteiger partial charge in [0.15, 0.2) is 0 Å². The van der Waals surface area contributed by atoms with Gasteiger partial charge in [0.05, 0.1) is 0 Å². The second kappa shape index (κ2) is 6.62. The average molecular weight is 272 g/mol. The average Bonchev–Trinajstić information content (AvgIpc) is 2.47. The van der Waals surface area contributed by atoms with Crippen LogP contribution < -0.4 is 5.73 Å². The van der Waals surface area contributed by atoms with E-state index in [1.54, 1.807) is 0 Å². The Balaban J connectivity index is 1.42. The van der Waals surface area contributed by atoms with Gasteiger partial charge in [-0.25, -0.2) is 0 Å². The minimum atomic E-state index is 0.894. The number of rotatable bonds is 4. The van der Waals surface area contributed by atoms with Crippen molar-refractivity contribution in [2.45, 2.75) is 44.9 Å². The summed E-state index contributed by atoms with van der Waals surface area (Å²) in [7, 11) is 0.